The van der Waals surface area contributed by atoms with E-state index >= 15 is 0 Å². The molecular weight excluding hydrogens is 352 g/mol. The van der Waals surface area contributed by atoms with Gasteiger partial charge >= 0.3 is 21.7 Å². The molecule has 2 unspecified atom stereocenters. The van der Waals surface area contributed by atoms with E-state index in [4.69, 9.17) is 10.2 Å². The summed E-state index contributed by atoms with van der Waals surface area (Å²) in [5.74, 6) is -4.86. The third-order valence-electron chi connectivity index (χ3n) is 1.26. The first-order valence-corrected chi connectivity index (χ1v) is 6.00. The molecule has 0 radical (unpaired) electrons. The Morgan fingerprint density at radius 2 is 0.826 bits per heavy atom. The zero-order chi connectivity index (χ0) is 18.9. The summed E-state index contributed by atoms with van der Waals surface area (Å²) in [7, 11) is 0. The van der Waals surface area contributed by atoms with Gasteiger partial charge in [-0.25, -0.2) is 0 Å². The van der Waals surface area contributed by atoms with E-state index < -0.39 is 36.1 Å². The minimum absolute atomic E-state index is 0. The van der Waals surface area contributed by atoms with E-state index in [0.29, 0.717) is 0 Å². The molecule has 23 heavy (non-hydrogen) atoms. The van der Waals surface area contributed by atoms with Gasteiger partial charge in [-0.3, -0.25) is 0 Å². The average Bonchev–Trinajstić information content (AvgIpc) is 2.40. The first-order valence-electron chi connectivity index (χ1n) is 6.00. The monoisotopic (exact) mass is 372 g/mol. The standard InChI is InChI=1S/2C3H6O3.2C3H6O2.Ti/c2*1-2(4)3(5)6;2*1-2-3(4)5;/h2*2,4H,1H3,(H,5,6);2*2H2,1H3,(H,4,5);/q;;;;+4/p-4. The van der Waals surface area contributed by atoms with E-state index in [1.807, 2.05) is 0 Å². The molecular formula is C12H20O10Ti. The molecule has 0 rings (SSSR count). The molecule has 11 heteroatoms. The summed E-state index contributed by atoms with van der Waals surface area (Å²) in [5, 5.41) is 53.1. The predicted molar refractivity (Wildman–Crippen MR) is 64.0 cm³/mol. The number of hydrogen-bond acceptors (Lipinski definition) is 10. The summed E-state index contributed by atoms with van der Waals surface area (Å²) >= 11 is 0. The van der Waals surface area contributed by atoms with Crippen LogP contribution in [0.5, 0.6) is 0 Å². The van der Waals surface area contributed by atoms with Gasteiger partial charge in [-0.05, 0) is 26.7 Å². The van der Waals surface area contributed by atoms with Crippen molar-refractivity contribution in [3.05, 3.63) is 0 Å². The van der Waals surface area contributed by atoms with Crippen LogP contribution in [0.25, 0.3) is 0 Å². The number of carboxylic acids is 4. The van der Waals surface area contributed by atoms with Crippen LogP contribution in [-0.2, 0) is 40.9 Å². The van der Waals surface area contributed by atoms with Gasteiger partial charge in [-0.1, -0.05) is 13.8 Å². The molecule has 0 aromatic heterocycles. The van der Waals surface area contributed by atoms with Crippen molar-refractivity contribution in [2.45, 2.75) is 52.7 Å². The van der Waals surface area contributed by atoms with E-state index in [-0.39, 0.29) is 34.6 Å². The van der Waals surface area contributed by atoms with E-state index in [0.717, 1.165) is 13.8 Å². The van der Waals surface area contributed by atoms with Crippen molar-refractivity contribution in [3.63, 3.8) is 0 Å². The molecule has 0 fully saturated rings. The van der Waals surface area contributed by atoms with Gasteiger partial charge in [0.25, 0.3) is 0 Å². The Morgan fingerprint density at radius 3 is 0.826 bits per heavy atom. The van der Waals surface area contributed by atoms with Crippen molar-refractivity contribution in [1.82, 2.24) is 0 Å². The quantitative estimate of drug-likeness (QED) is 0.448. The van der Waals surface area contributed by atoms with Gasteiger partial charge in [0, 0.05) is 11.9 Å². The number of aliphatic carboxylic acids is 4. The van der Waals surface area contributed by atoms with Crippen molar-refractivity contribution < 1.29 is 71.5 Å². The van der Waals surface area contributed by atoms with Crippen LogP contribution in [0, 0.1) is 0 Å². The van der Waals surface area contributed by atoms with Crippen LogP contribution < -0.4 is 20.4 Å². The second kappa shape index (κ2) is 22.8. The fourth-order valence-corrected chi connectivity index (χ4v) is 0. The van der Waals surface area contributed by atoms with E-state index in [1.165, 1.54) is 13.8 Å². The Bertz CT molecular complexity index is 296. The van der Waals surface area contributed by atoms with E-state index in [1.54, 1.807) is 0 Å². The van der Waals surface area contributed by atoms with Crippen molar-refractivity contribution in [2.24, 2.45) is 0 Å². The van der Waals surface area contributed by atoms with Crippen molar-refractivity contribution >= 4 is 23.9 Å². The predicted octanol–water partition coefficient (Wildman–Crippen LogP) is -5.48. The molecule has 10 nitrogen and oxygen atoms in total. The number of carboxylic acid groups (broad SMARTS) is 4. The topological polar surface area (TPSA) is 201 Å². The second-order valence-electron chi connectivity index (χ2n) is 3.44. The molecule has 0 aromatic carbocycles. The Labute approximate surface area is 148 Å². The first-order chi connectivity index (χ1) is 9.83. The van der Waals surface area contributed by atoms with Crippen molar-refractivity contribution in [3.8, 4) is 0 Å². The van der Waals surface area contributed by atoms with Crippen LogP contribution in [0.15, 0.2) is 0 Å². The third-order valence-corrected chi connectivity index (χ3v) is 1.26. The van der Waals surface area contributed by atoms with Gasteiger partial charge in [0.05, 0.1) is 24.1 Å². The summed E-state index contributed by atoms with van der Waals surface area (Å²) in [6.45, 7) is 5.34. The number of carbonyl (C=O) groups excluding carboxylic acids is 4. The van der Waals surface area contributed by atoms with Gasteiger partial charge < -0.3 is 49.8 Å². The van der Waals surface area contributed by atoms with E-state index in [2.05, 4.69) is 0 Å². The normalized spacial score (nSPS) is 10.3. The summed E-state index contributed by atoms with van der Waals surface area (Å²) in [5.41, 5.74) is 0. The number of aliphatic hydroxyl groups is 2. The SMILES string of the molecule is CC(O)C(=O)[O-].CC(O)C(=O)[O-].CCC(=O)[O-].CCC(=O)[O-].[Ti+4]. The van der Waals surface area contributed by atoms with Crippen molar-refractivity contribution in [1.29, 1.82) is 0 Å². The molecule has 0 amide bonds. The maximum atomic E-state index is 9.34. The van der Waals surface area contributed by atoms with Gasteiger partial charge in [0.1, 0.15) is 0 Å². The van der Waals surface area contributed by atoms with Gasteiger partial charge in [-0.2, -0.15) is 0 Å². The smallest absolute Gasteiger partial charge is 0.550 e. The maximum absolute atomic E-state index is 9.34. The molecule has 0 heterocycles. The molecule has 0 aromatic rings. The first kappa shape index (κ1) is 33.2. The number of aliphatic hydroxyl groups excluding tert-OH is 2. The second-order valence-corrected chi connectivity index (χ2v) is 3.44. The Hall–Kier alpha value is -1.49. The Kier molecular flexibility index (Phi) is 32.9. The fourth-order valence-electron chi connectivity index (χ4n) is 0. The fraction of sp³-hybridized carbons (Fsp3) is 0.667. The Balaban J connectivity index is -0.0000000620. The van der Waals surface area contributed by atoms with Crippen LogP contribution in [0.4, 0.5) is 0 Å². The summed E-state index contributed by atoms with van der Waals surface area (Å²) in [6.07, 6.45) is -2.46. The van der Waals surface area contributed by atoms with E-state index in [9.17, 15) is 39.6 Å². The molecule has 0 spiro atoms. The molecule has 0 aliphatic heterocycles. The molecule has 132 valence electrons. The summed E-state index contributed by atoms with van der Waals surface area (Å²) in [6, 6.07) is 0. The number of carbonyl (C=O) groups is 4. The molecule has 0 saturated carbocycles. The molecule has 0 aliphatic rings. The van der Waals surface area contributed by atoms with Gasteiger partial charge in [-0.15, -0.1) is 0 Å². The largest absolute Gasteiger partial charge is 4.00 e. The van der Waals surface area contributed by atoms with Crippen LogP contribution in [0.1, 0.15) is 40.5 Å². The third kappa shape index (κ3) is 63.6. The molecule has 2 N–H and O–H groups in total. The minimum Gasteiger partial charge on any atom is -0.550 e. The molecule has 0 saturated heterocycles. The van der Waals surface area contributed by atoms with Crippen molar-refractivity contribution in [2.75, 3.05) is 0 Å². The summed E-state index contributed by atoms with van der Waals surface area (Å²) < 4.78 is 0. The van der Waals surface area contributed by atoms with Crippen LogP contribution >= 0.6 is 0 Å². The van der Waals surface area contributed by atoms with Crippen LogP contribution in [0.3, 0.4) is 0 Å². The van der Waals surface area contributed by atoms with Crippen LogP contribution in [0.2, 0.25) is 0 Å². The Morgan fingerprint density at radius 1 is 0.739 bits per heavy atom. The summed E-state index contributed by atoms with van der Waals surface area (Å²) in [4.78, 5) is 37.2. The zero-order valence-electron chi connectivity index (χ0n) is 13.2. The number of rotatable bonds is 4. The maximum Gasteiger partial charge on any atom is 4.00 e. The van der Waals surface area contributed by atoms with Gasteiger partial charge in [0.2, 0.25) is 0 Å². The van der Waals surface area contributed by atoms with Gasteiger partial charge in [0.15, 0.2) is 0 Å². The molecule has 2 atom stereocenters. The average molecular weight is 372 g/mol. The number of hydrogen-bond donors (Lipinski definition) is 2. The zero-order valence-corrected chi connectivity index (χ0v) is 14.8. The molecule has 0 aliphatic carbocycles. The minimum atomic E-state index is -1.44. The molecule has 0 bridgehead atoms. The van der Waals surface area contributed by atoms with Crippen LogP contribution in [-0.4, -0.2) is 46.3 Å².